The van der Waals surface area contributed by atoms with Gasteiger partial charge in [0, 0.05) is 27.6 Å². The summed E-state index contributed by atoms with van der Waals surface area (Å²) in [4.78, 5) is 5.25. The predicted molar refractivity (Wildman–Crippen MR) is 69.7 cm³/mol. The Morgan fingerprint density at radius 2 is 2.12 bits per heavy atom. The molecule has 0 fully saturated rings. The average Bonchev–Trinajstić information content (AvgIpc) is 2.32. The number of nitrogens with two attached hydrogens (primary N) is 1. The highest BCUT2D eigenvalue weighted by molar-refractivity contribution is 7.98. The van der Waals surface area contributed by atoms with Crippen molar-refractivity contribution in [2.45, 2.75) is 10.6 Å². The molecule has 0 radical (unpaired) electrons. The van der Waals surface area contributed by atoms with Gasteiger partial charge >= 0.3 is 0 Å². The maximum absolute atomic E-state index is 5.91. The van der Waals surface area contributed by atoms with Gasteiger partial charge in [-0.05, 0) is 30.3 Å². The van der Waals surface area contributed by atoms with Gasteiger partial charge in [-0.15, -0.1) is 11.8 Å². The number of hydrogen-bond donors (Lipinski definition) is 1. The molecule has 16 heavy (non-hydrogen) atoms. The number of anilines is 1. The van der Waals surface area contributed by atoms with Crippen molar-refractivity contribution in [3.63, 3.8) is 0 Å². The van der Waals surface area contributed by atoms with Crippen molar-refractivity contribution in [2.75, 3.05) is 5.73 Å². The molecule has 1 heterocycles. The molecule has 2 rings (SSSR count). The van der Waals surface area contributed by atoms with E-state index in [-0.39, 0.29) is 0 Å². The number of aromatic nitrogens is 1. The van der Waals surface area contributed by atoms with Crippen LogP contribution in [0.5, 0.6) is 0 Å². The van der Waals surface area contributed by atoms with Crippen LogP contribution in [0.25, 0.3) is 0 Å². The molecule has 0 saturated heterocycles. The van der Waals surface area contributed by atoms with Gasteiger partial charge in [0.15, 0.2) is 0 Å². The van der Waals surface area contributed by atoms with Gasteiger partial charge in [0.1, 0.15) is 0 Å². The van der Waals surface area contributed by atoms with Gasteiger partial charge in [0.05, 0.1) is 5.69 Å². The second-order valence-corrected chi connectivity index (χ2v) is 4.75. The first kappa shape index (κ1) is 11.3. The molecule has 0 atom stereocenters. The number of rotatable bonds is 3. The first-order valence-corrected chi connectivity index (χ1v) is 6.20. The summed E-state index contributed by atoms with van der Waals surface area (Å²) in [6.45, 7) is 0. The van der Waals surface area contributed by atoms with Gasteiger partial charge in [-0.3, -0.25) is 4.98 Å². The maximum Gasteiger partial charge on any atom is 0.0506 e. The topological polar surface area (TPSA) is 38.9 Å². The number of nitrogens with zero attached hydrogens (tertiary/aromatic N) is 1. The summed E-state index contributed by atoms with van der Waals surface area (Å²) < 4.78 is 0. The molecule has 0 unspecified atom stereocenters. The third kappa shape index (κ3) is 2.90. The molecular weight excluding hydrogens is 240 g/mol. The van der Waals surface area contributed by atoms with Gasteiger partial charge < -0.3 is 5.73 Å². The number of benzene rings is 1. The minimum absolute atomic E-state index is 0.706. The standard InChI is InChI=1S/C12H11ClN2S/c13-9-4-5-11(14)12(7-9)16-8-10-3-1-2-6-15-10/h1-7H,8,14H2. The van der Waals surface area contributed by atoms with Crippen LogP contribution >= 0.6 is 23.4 Å². The summed E-state index contributed by atoms with van der Waals surface area (Å²) in [6, 6.07) is 11.4. The van der Waals surface area contributed by atoms with Crippen molar-refractivity contribution >= 4 is 29.1 Å². The van der Waals surface area contributed by atoms with Gasteiger partial charge in [-0.2, -0.15) is 0 Å². The lowest BCUT2D eigenvalue weighted by Crippen LogP contribution is -1.90. The lowest BCUT2D eigenvalue weighted by atomic mass is 10.3. The quantitative estimate of drug-likeness (QED) is 0.668. The third-order valence-electron chi connectivity index (χ3n) is 2.08. The van der Waals surface area contributed by atoms with Gasteiger partial charge in [0.2, 0.25) is 0 Å². The average molecular weight is 251 g/mol. The second kappa shape index (κ2) is 5.23. The molecule has 0 aliphatic carbocycles. The van der Waals surface area contributed by atoms with E-state index >= 15 is 0 Å². The van der Waals surface area contributed by atoms with Crippen LogP contribution in [-0.4, -0.2) is 4.98 Å². The highest BCUT2D eigenvalue weighted by atomic mass is 35.5. The molecule has 0 amide bonds. The minimum atomic E-state index is 0.706. The molecule has 0 saturated carbocycles. The van der Waals surface area contributed by atoms with Gasteiger partial charge in [-0.25, -0.2) is 0 Å². The summed E-state index contributed by atoms with van der Waals surface area (Å²) in [7, 11) is 0. The molecule has 0 spiro atoms. The van der Waals surface area contributed by atoms with Crippen LogP contribution in [0.1, 0.15) is 5.69 Å². The van der Waals surface area contributed by atoms with Crippen LogP contribution in [-0.2, 0) is 5.75 Å². The third-order valence-corrected chi connectivity index (χ3v) is 3.42. The second-order valence-electron chi connectivity index (χ2n) is 3.29. The molecule has 2 N–H and O–H groups in total. The van der Waals surface area contributed by atoms with E-state index in [1.54, 1.807) is 24.0 Å². The molecule has 2 nitrogen and oxygen atoms in total. The molecule has 1 aromatic carbocycles. The van der Waals surface area contributed by atoms with E-state index in [2.05, 4.69) is 4.98 Å². The van der Waals surface area contributed by atoms with E-state index in [0.29, 0.717) is 5.02 Å². The van der Waals surface area contributed by atoms with E-state index in [1.165, 1.54) is 0 Å². The molecule has 2 aromatic rings. The Morgan fingerprint density at radius 1 is 1.25 bits per heavy atom. The van der Waals surface area contributed by atoms with Gasteiger partial charge in [-0.1, -0.05) is 17.7 Å². The summed E-state index contributed by atoms with van der Waals surface area (Å²) in [5.41, 5.74) is 7.64. The molecule has 0 aliphatic heterocycles. The van der Waals surface area contributed by atoms with E-state index in [9.17, 15) is 0 Å². The monoisotopic (exact) mass is 250 g/mol. The molecule has 4 heteroatoms. The van der Waals surface area contributed by atoms with Crippen LogP contribution in [0, 0.1) is 0 Å². The fraction of sp³-hybridized carbons (Fsp3) is 0.0833. The highest BCUT2D eigenvalue weighted by Gasteiger charge is 2.02. The predicted octanol–water partition coefficient (Wildman–Crippen LogP) is 3.61. The van der Waals surface area contributed by atoms with Crippen LogP contribution in [0.15, 0.2) is 47.5 Å². The number of pyridine rings is 1. The van der Waals surface area contributed by atoms with Crippen molar-refractivity contribution in [1.29, 1.82) is 0 Å². The fourth-order valence-corrected chi connectivity index (χ4v) is 2.42. The van der Waals surface area contributed by atoms with Crippen molar-refractivity contribution < 1.29 is 0 Å². The molecule has 1 aromatic heterocycles. The Kier molecular flexibility index (Phi) is 3.70. The van der Waals surface area contributed by atoms with Crippen molar-refractivity contribution in [2.24, 2.45) is 0 Å². The molecule has 82 valence electrons. The first-order valence-electron chi connectivity index (χ1n) is 4.83. The number of halogens is 1. The first-order chi connectivity index (χ1) is 7.75. The van der Waals surface area contributed by atoms with Crippen LogP contribution in [0.4, 0.5) is 5.69 Å². The van der Waals surface area contributed by atoms with E-state index < -0.39 is 0 Å². The highest BCUT2D eigenvalue weighted by Crippen LogP contribution is 2.29. The van der Waals surface area contributed by atoms with E-state index in [4.69, 9.17) is 17.3 Å². The Balaban J connectivity index is 2.08. The Labute approximate surface area is 104 Å². The SMILES string of the molecule is Nc1ccc(Cl)cc1SCc1ccccn1. The zero-order valence-electron chi connectivity index (χ0n) is 8.56. The summed E-state index contributed by atoms with van der Waals surface area (Å²) >= 11 is 7.56. The lowest BCUT2D eigenvalue weighted by molar-refractivity contribution is 1.17. The zero-order valence-corrected chi connectivity index (χ0v) is 10.1. The smallest absolute Gasteiger partial charge is 0.0506 e. The van der Waals surface area contributed by atoms with E-state index in [1.807, 2.05) is 30.3 Å². The zero-order chi connectivity index (χ0) is 11.4. The lowest BCUT2D eigenvalue weighted by Gasteiger charge is -2.05. The summed E-state index contributed by atoms with van der Waals surface area (Å²) in [5, 5.41) is 0.706. The Bertz CT molecular complexity index is 474. The van der Waals surface area contributed by atoms with Crippen molar-refractivity contribution in [1.82, 2.24) is 4.98 Å². The van der Waals surface area contributed by atoms with Crippen LogP contribution < -0.4 is 5.73 Å². The van der Waals surface area contributed by atoms with Crippen molar-refractivity contribution in [3.8, 4) is 0 Å². The number of thioether (sulfide) groups is 1. The van der Waals surface area contributed by atoms with Crippen molar-refractivity contribution in [3.05, 3.63) is 53.3 Å². The largest absolute Gasteiger partial charge is 0.398 e. The number of nitrogen functional groups attached to an aromatic ring is 1. The Hall–Kier alpha value is -1.19. The van der Waals surface area contributed by atoms with Crippen LogP contribution in [0.2, 0.25) is 5.02 Å². The minimum Gasteiger partial charge on any atom is -0.398 e. The molecular formula is C12H11ClN2S. The maximum atomic E-state index is 5.91. The van der Waals surface area contributed by atoms with Gasteiger partial charge in [0.25, 0.3) is 0 Å². The fourth-order valence-electron chi connectivity index (χ4n) is 1.27. The number of hydrogen-bond acceptors (Lipinski definition) is 3. The van der Waals surface area contributed by atoms with E-state index in [0.717, 1.165) is 22.0 Å². The summed E-state index contributed by atoms with van der Waals surface area (Å²) in [6.07, 6.45) is 1.79. The van der Waals surface area contributed by atoms with Crippen LogP contribution in [0.3, 0.4) is 0 Å². The Morgan fingerprint density at radius 3 is 2.88 bits per heavy atom. The summed E-state index contributed by atoms with van der Waals surface area (Å²) in [5.74, 6) is 0.797. The molecule has 0 aliphatic rings. The molecule has 0 bridgehead atoms. The normalized spacial score (nSPS) is 10.3.